The highest BCUT2D eigenvalue weighted by molar-refractivity contribution is 5.78. The minimum Gasteiger partial charge on any atom is -0.300 e. The van der Waals surface area contributed by atoms with E-state index in [9.17, 15) is 4.79 Å². The van der Waals surface area contributed by atoms with Crippen molar-refractivity contribution in [3.63, 3.8) is 0 Å². The summed E-state index contributed by atoms with van der Waals surface area (Å²) in [4.78, 5) is 11.8. The van der Waals surface area contributed by atoms with Gasteiger partial charge in [-0.05, 0) is 12.8 Å². The fraction of sp³-hybridized carbons (Fsp3) is 0.960. The third-order valence-corrected chi connectivity index (χ3v) is 5.62. The lowest BCUT2D eigenvalue weighted by Gasteiger charge is -2.04. The molecule has 0 saturated carbocycles. The standard InChI is InChI=1S/C25H50O/c1-3-5-7-9-10-11-12-13-14-15-16-17-18-20-22-24-25(26)23-21-19-8-6-4-2/h3-24H2,1-2H3. The van der Waals surface area contributed by atoms with Gasteiger partial charge < -0.3 is 0 Å². The second-order valence-electron chi connectivity index (χ2n) is 8.40. The Morgan fingerprint density at radius 1 is 0.385 bits per heavy atom. The Bertz CT molecular complexity index is 271. The SMILES string of the molecule is CCCCCCCCCCCCCCCCCC(=O)CCCCCCC. The van der Waals surface area contributed by atoms with Gasteiger partial charge in [0.05, 0.1) is 0 Å². The van der Waals surface area contributed by atoms with Crippen LogP contribution in [0.15, 0.2) is 0 Å². The molecule has 0 aromatic rings. The molecule has 0 amide bonds. The zero-order valence-corrected chi connectivity index (χ0v) is 18.5. The van der Waals surface area contributed by atoms with E-state index in [4.69, 9.17) is 0 Å². The monoisotopic (exact) mass is 366 g/mol. The summed E-state index contributed by atoms with van der Waals surface area (Å²) in [6.07, 6.45) is 28.8. The third kappa shape index (κ3) is 21.7. The number of unbranched alkanes of at least 4 members (excludes halogenated alkanes) is 18. The molecule has 0 N–H and O–H groups in total. The van der Waals surface area contributed by atoms with Gasteiger partial charge in [-0.1, -0.05) is 129 Å². The van der Waals surface area contributed by atoms with E-state index in [2.05, 4.69) is 13.8 Å². The first kappa shape index (κ1) is 25.7. The normalized spacial score (nSPS) is 11.2. The minimum atomic E-state index is 0.510. The van der Waals surface area contributed by atoms with Crippen LogP contribution in [0.25, 0.3) is 0 Å². The summed E-state index contributed by atoms with van der Waals surface area (Å²) >= 11 is 0. The van der Waals surface area contributed by atoms with Crippen molar-refractivity contribution in [1.82, 2.24) is 0 Å². The van der Waals surface area contributed by atoms with Gasteiger partial charge in [-0.25, -0.2) is 0 Å². The van der Waals surface area contributed by atoms with E-state index in [1.807, 2.05) is 0 Å². The summed E-state index contributed by atoms with van der Waals surface area (Å²) in [6.45, 7) is 4.53. The van der Waals surface area contributed by atoms with E-state index in [0.717, 1.165) is 25.7 Å². The van der Waals surface area contributed by atoms with E-state index >= 15 is 0 Å². The molecular weight excluding hydrogens is 316 g/mol. The Balaban J connectivity index is 3.09. The highest BCUT2D eigenvalue weighted by atomic mass is 16.1. The molecule has 0 aliphatic rings. The molecule has 0 atom stereocenters. The Labute approximate surface area is 166 Å². The van der Waals surface area contributed by atoms with Gasteiger partial charge in [0, 0.05) is 12.8 Å². The predicted molar refractivity (Wildman–Crippen MR) is 118 cm³/mol. The number of rotatable bonds is 22. The average Bonchev–Trinajstić information content (AvgIpc) is 2.64. The number of hydrogen-bond donors (Lipinski definition) is 0. The maximum absolute atomic E-state index is 11.8. The summed E-state index contributed by atoms with van der Waals surface area (Å²) < 4.78 is 0. The van der Waals surface area contributed by atoms with Crippen LogP contribution in [0.5, 0.6) is 0 Å². The van der Waals surface area contributed by atoms with E-state index in [1.165, 1.54) is 116 Å². The Hall–Kier alpha value is -0.330. The van der Waals surface area contributed by atoms with E-state index in [0.29, 0.717) is 5.78 Å². The van der Waals surface area contributed by atoms with Crippen LogP contribution in [0.1, 0.15) is 155 Å². The minimum absolute atomic E-state index is 0.510. The fourth-order valence-corrected chi connectivity index (χ4v) is 3.74. The molecule has 0 aliphatic carbocycles. The smallest absolute Gasteiger partial charge is 0.132 e. The zero-order valence-electron chi connectivity index (χ0n) is 18.5. The second kappa shape index (κ2) is 22.7. The molecule has 0 heterocycles. The molecule has 1 nitrogen and oxygen atoms in total. The number of Topliss-reactive ketones (excluding diaryl/α,β-unsaturated/α-hetero) is 1. The van der Waals surface area contributed by atoms with Crippen molar-refractivity contribution >= 4 is 5.78 Å². The van der Waals surface area contributed by atoms with Crippen LogP contribution in [0.2, 0.25) is 0 Å². The molecule has 0 aliphatic heterocycles. The summed E-state index contributed by atoms with van der Waals surface area (Å²) in [5.74, 6) is 0.510. The molecule has 0 fully saturated rings. The Morgan fingerprint density at radius 3 is 0.885 bits per heavy atom. The van der Waals surface area contributed by atoms with Crippen LogP contribution in [0.4, 0.5) is 0 Å². The van der Waals surface area contributed by atoms with Crippen molar-refractivity contribution in [3.8, 4) is 0 Å². The van der Waals surface area contributed by atoms with Gasteiger partial charge in [-0.3, -0.25) is 4.79 Å². The fourth-order valence-electron chi connectivity index (χ4n) is 3.74. The highest BCUT2D eigenvalue weighted by Gasteiger charge is 2.01. The topological polar surface area (TPSA) is 17.1 Å². The van der Waals surface area contributed by atoms with Crippen LogP contribution < -0.4 is 0 Å². The Kier molecular flexibility index (Phi) is 22.4. The first-order valence-electron chi connectivity index (χ1n) is 12.3. The van der Waals surface area contributed by atoms with Gasteiger partial charge in [-0.15, -0.1) is 0 Å². The molecule has 0 bridgehead atoms. The van der Waals surface area contributed by atoms with Gasteiger partial charge in [-0.2, -0.15) is 0 Å². The van der Waals surface area contributed by atoms with Gasteiger partial charge in [0.15, 0.2) is 0 Å². The summed E-state index contributed by atoms with van der Waals surface area (Å²) in [7, 11) is 0. The largest absolute Gasteiger partial charge is 0.300 e. The average molecular weight is 367 g/mol. The molecule has 0 rings (SSSR count). The molecule has 0 radical (unpaired) electrons. The lowest BCUT2D eigenvalue weighted by Crippen LogP contribution is -1.97. The predicted octanol–water partition coefficient (Wildman–Crippen LogP) is 9.18. The van der Waals surface area contributed by atoms with E-state index < -0.39 is 0 Å². The lowest BCUT2D eigenvalue weighted by atomic mass is 10.0. The van der Waals surface area contributed by atoms with Crippen molar-refractivity contribution in [2.24, 2.45) is 0 Å². The highest BCUT2D eigenvalue weighted by Crippen LogP contribution is 2.14. The van der Waals surface area contributed by atoms with E-state index in [1.54, 1.807) is 0 Å². The summed E-state index contributed by atoms with van der Waals surface area (Å²) in [5, 5.41) is 0. The van der Waals surface area contributed by atoms with Crippen LogP contribution in [-0.4, -0.2) is 5.78 Å². The molecule has 156 valence electrons. The summed E-state index contributed by atoms with van der Waals surface area (Å²) in [5.41, 5.74) is 0. The van der Waals surface area contributed by atoms with Crippen LogP contribution in [-0.2, 0) is 4.79 Å². The van der Waals surface area contributed by atoms with Gasteiger partial charge >= 0.3 is 0 Å². The second-order valence-corrected chi connectivity index (χ2v) is 8.40. The lowest BCUT2D eigenvalue weighted by molar-refractivity contribution is -0.119. The van der Waals surface area contributed by atoms with Gasteiger partial charge in [0.2, 0.25) is 0 Å². The zero-order chi connectivity index (χ0) is 19.1. The molecule has 1 heteroatoms. The molecular formula is C25H50O. The van der Waals surface area contributed by atoms with Crippen molar-refractivity contribution in [2.75, 3.05) is 0 Å². The summed E-state index contributed by atoms with van der Waals surface area (Å²) in [6, 6.07) is 0. The maximum Gasteiger partial charge on any atom is 0.132 e. The van der Waals surface area contributed by atoms with Crippen LogP contribution in [0, 0.1) is 0 Å². The van der Waals surface area contributed by atoms with E-state index in [-0.39, 0.29) is 0 Å². The number of carbonyl (C=O) groups excluding carboxylic acids is 1. The molecule has 0 saturated heterocycles. The number of hydrogen-bond acceptors (Lipinski definition) is 1. The number of ketones is 1. The third-order valence-electron chi connectivity index (χ3n) is 5.62. The molecule has 0 unspecified atom stereocenters. The number of carbonyl (C=O) groups is 1. The first-order chi connectivity index (χ1) is 12.8. The van der Waals surface area contributed by atoms with Crippen molar-refractivity contribution in [3.05, 3.63) is 0 Å². The van der Waals surface area contributed by atoms with Crippen LogP contribution >= 0.6 is 0 Å². The molecule has 26 heavy (non-hydrogen) atoms. The van der Waals surface area contributed by atoms with Gasteiger partial charge in [0.1, 0.15) is 5.78 Å². The molecule has 0 aromatic carbocycles. The molecule has 0 spiro atoms. The molecule has 0 aromatic heterocycles. The Morgan fingerprint density at radius 2 is 0.615 bits per heavy atom. The first-order valence-corrected chi connectivity index (χ1v) is 12.3. The van der Waals surface area contributed by atoms with Crippen molar-refractivity contribution in [2.45, 2.75) is 155 Å². The van der Waals surface area contributed by atoms with Crippen molar-refractivity contribution in [1.29, 1.82) is 0 Å². The quantitative estimate of drug-likeness (QED) is 0.174. The van der Waals surface area contributed by atoms with Gasteiger partial charge in [0.25, 0.3) is 0 Å². The maximum atomic E-state index is 11.8. The van der Waals surface area contributed by atoms with Crippen molar-refractivity contribution < 1.29 is 4.79 Å². The van der Waals surface area contributed by atoms with Crippen LogP contribution in [0.3, 0.4) is 0 Å².